The van der Waals surface area contributed by atoms with Crippen LogP contribution in [-0.2, 0) is 23.2 Å². The molecule has 0 radical (unpaired) electrons. The molecule has 0 fully saturated rings. The van der Waals surface area contributed by atoms with Gasteiger partial charge in [0.1, 0.15) is 0 Å². The maximum absolute atomic E-state index is 11.8. The Morgan fingerprint density at radius 2 is 1.39 bits per heavy atom. The molecule has 5 nitrogen and oxygen atoms in total. The van der Waals surface area contributed by atoms with Gasteiger partial charge in [0.2, 0.25) is 16.6 Å². The van der Waals surface area contributed by atoms with Gasteiger partial charge in [-0.05, 0) is 39.3 Å². The average Bonchev–Trinajstić information content (AvgIpc) is 2.07. The first kappa shape index (κ1) is 17.3. The van der Waals surface area contributed by atoms with Crippen LogP contribution in [0.2, 0.25) is 39.3 Å². The Labute approximate surface area is 111 Å². The smallest absolute Gasteiger partial charge is 0.322 e. The summed E-state index contributed by atoms with van der Waals surface area (Å²) in [6, 6.07) is 0. The van der Waals surface area contributed by atoms with Crippen molar-refractivity contribution in [3.05, 3.63) is 0 Å². The number of rotatable bonds is 6. The van der Waals surface area contributed by atoms with Crippen molar-refractivity contribution in [3.8, 4) is 0 Å². The zero-order chi connectivity index (χ0) is 14.6. The second-order valence-electron chi connectivity index (χ2n) is 6.05. The second-order valence-corrected chi connectivity index (χ2v) is 14.9. The molecule has 0 bridgehead atoms. The largest absolute Gasteiger partial charge is 0.520 e. The van der Waals surface area contributed by atoms with E-state index in [1.165, 1.54) is 7.11 Å². The van der Waals surface area contributed by atoms with Crippen molar-refractivity contribution >= 4 is 28.6 Å². The molecule has 0 aliphatic carbocycles. The van der Waals surface area contributed by atoms with E-state index in [0.29, 0.717) is 0 Å². The maximum atomic E-state index is 11.8. The SMILES string of the molecule is COC(CC(=O)O[Si](C)(C)C)C(=O)O[Si](C)(C)C. The van der Waals surface area contributed by atoms with Gasteiger partial charge < -0.3 is 13.6 Å². The minimum absolute atomic E-state index is 0.0932. The molecule has 0 aromatic rings. The molecular formula is C11H24O5Si2. The van der Waals surface area contributed by atoms with Crippen molar-refractivity contribution in [3.63, 3.8) is 0 Å². The quantitative estimate of drug-likeness (QED) is 0.702. The van der Waals surface area contributed by atoms with E-state index in [4.69, 9.17) is 13.6 Å². The molecule has 0 N–H and O–H groups in total. The van der Waals surface area contributed by atoms with Gasteiger partial charge in [0.05, 0.1) is 6.42 Å². The molecule has 0 saturated carbocycles. The number of carbonyl (C=O) groups excluding carboxylic acids is 2. The van der Waals surface area contributed by atoms with Gasteiger partial charge in [-0.2, -0.15) is 0 Å². The fourth-order valence-corrected chi connectivity index (χ4v) is 2.67. The van der Waals surface area contributed by atoms with Gasteiger partial charge in [0.15, 0.2) is 6.10 Å². The minimum atomic E-state index is -1.97. The molecule has 0 aliphatic heterocycles. The molecule has 1 unspecified atom stereocenters. The van der Waals surface area contributed by atoms with E-state index in [2.05, 4.69) is 0 Å². The van der Waals surface area contributed by atoms with E-state index >= 15 is 0 Å². The summed E-state index contributed by atoms with van der Waals surface area (Å²) in [6.45, 7) is 11.4. The summed E-state index contributed by atoms with van der Waals surface area (Å²) >= 11 is 0. The molecule has 1 atom stereocenters. The summed E-state index contributed by atoms with van der Waals surface area (Å²) in [5.41, 5.74) is 0. The summed E-state index contributed by atoms with van der Waals surface area (Å²) in [7, 11) is -2.51. The molecule has 0 spiro atoms. The van der Waals surface area contributed by atoms with Crippen LogP contribution in [0, 0.1) is 0 Å². The first-order valence-corrected chi connectivity index (χ1v) is 12.7. The van der Waals surface area contributed by atoms with Crippen molar-refractivity contribution in [1.82, 2.24) is 0 Å². The van der Waals surface area contributed by atoms with Crippen molar-refractivity contribution in [2.45, 2.75) is 51.8 Å². The van der Waals surface area contributed by atoms with Crippen LogP contribution in [0.1, 0.15) is 6.42 Å². The van der Waals surface area contributed by atoms with Gasteiger partial charge in [-0.3, -0.25) is 9.59 Å². The van der Waals surface area contributed by atoms with E-state index in [0.717, 1.165) is 0 Å². The lowest BCUT2D eigenvalue weighted by Crippen LogP contribution is -2.38. The van der Waals surface area contributed by atoms with E-state index < -0.39 is 34.7 Å². The van der Waals surface area contributed by atoms with Gasteiger partial charge in [0.25, 0.3) is 5.97 Å². The lowest BCUT2D eigenvalue weighted by molar-refractivity contribution is -0.152. The molecule has 0 aliphatic rings. The Kier molecular flexibility index (Phi) is 6.25. The average molecular weight is 292 g/mol. The van der Waals surface area contributed by atoms with Crippen molar-refractivity contribution in [2.75, 3.05) is 7.11 Å². The van der Waals surface area contributed by atoms with Crippen LogP contribution >= 0.6 is 0 Å². The number of hydrogen-bond acceptors (Lipinski definition) is 5. The predicted molar refractivity (Wildman–Crippen MR) is 74.3 cm³/mol. The summed E-state index contributed by atoms with van der Waals surface area (Å²) in [5.74, 6) is -0.891. The third-order valence-corrected chi connectivity index (χ3v) is 3.38. The summed E-state index contributed by atoms with van der Waals surface area (Å²) in [4.78, 5) is 23.4. The highest BCUT2D eigenvalue weighted by Gasteiger charge is 2.30. The lowest BCUT2D eigenvalue weighted by atomic mass is 10.2. The summed E-state index contributed by atoms with van der Waals surface area (Å²) in [5, 5.41) is 0. The fraction of sp³-hybridized carbons (Fsp3) is 0.818. The van der Waals surface area contributed by atoms with Crippen LogP contribution in [-0.4, -0.2) is 41.8 Å². The zero-order valence-electron chi connectivity index (χ0n) is 12.3. The van der Waals surface area contributed by atoms with Gasteiger partial charge >= 0.3 is 5.97 Å². The Bertz CT molecular complexity index is 304. The van der Waals surface area contributed by atoms with E-state index in [-0.39, 0.29) is 6.42 Å². The zero-order valence-corrected chi connectivity index (χ0v) is 14.3. The number of hydrogen-bond donors (Lipinski definition) is 0. The number of methoxy groups -OCH3 is 1. The van der Waals surface area contributed by atoms with E-state index in [9.17, 15) is 9.59 Å². The molecule has 0 aromatic heterocycles. The molecule has 18 heavy (non-hydrogen) atoms. The van der Waals surface area contributed by atoms with Crippen LogP contribution in [0.4, 0.5) is 0 Å². The maximum Gasteiger partial charge on any atom is 0.322 e. The molecule has 0 heterocycles. The van der Waals surface area contributed by atoms with Crippen molar-refractivity contribution < 1.29 is 23.2 Å². The van der Waals surface area contributed by atoms with E-state index in [1.54, 1.807) is 0 Å². The van der Waals surface area contributed by atoms with Crippen molar-refractivity contribution in [2.24, 2.45) is 0 Å². The standard InChI is InChI=1S/C11H24O5Si2/c1-14-9(11(13)16-18(5,6)7)8-10(12)15-17(2,3)4/h9H,8H2,1-7H3. The van der Waals surface area contributed by atoms with Gasteiger partial charge in [-0.1, -0.05) is 0 Å². The first-order chi connectivity index (χ1) is 7.94. The topological polar surface area (TPSA) is 61.8 Å². The molecular weight excluding hydrogens is 268 g/mol. The second kappa shape index (κ2) is 6.49. The number of ether oxygens (including phenoxy) is 1. The van der Waals surface area contributed by atoms with Gasteiger partial charge in [-0.15, -0.1) is 0 Å². The Morgan fingerprint density at radius 3 is 1.72 bits per heavy atom. The normalized spacial score (nSPS) is 13.9. The molecule has 106 valence electrons. The number of carbonyl (C=O) groups is 2. The van der Waals surface area contributed by atoms with Crippen molar-refractivity contribution in [1.29, 1.82) is 0 Å². The minimum Gasteiger partial charge on any atom is -0.520 e. The van der Waals surface area contributed by atoms with E-state index in [1.807, 2.05) is 39.3 Å². The highest BCUT2D eigenvalue weighted by atomic mass is 28.4. The molecule has 0 rings (SSSR count). The Hall–Kier alpha value is -0.666. The van der Waals surface area contributed by atoms with Gasteiger partial charge in [0, 0.05) is 7.11 Å². The summed E-state index contributed by atoms with van der Waals surface area (Å²) < 4.78 is 15.6. The third kappa shape index (κ3) is 8.43. The van der Waals surface area contributed by atoms with Gasteiger partial charge in [-0.25, -0.2) is 0 Å². The Morgan fingerprint density at radius 1 is 0.944 bits per heavy atom. The molecule has 0 aromatic carbocycles. The lowest BCUT2D eigenvalue weighted by Gasteiger charge is -2.23. The van der Waals surface area contributed by atoms with Crippen LogP contribution in [0.5, 0.6) is 0 Å². The van der Waals surface area contributed by atoms with Crippen LogP contribution in [0.3, 0.4) is 0 Å². The van der Waals surface area contributed by atoms with Crippen LogP contribution < -0.4 is 0 Å². The third-order valence-electron chi connectivity index (χ3n) is 1.73. The monoisotopic (exact) mass is 292 g/mol. The molecule has 0 amide bonds. The van der Waals surface area contributed by atoms with Crippen LogP contribution in [0.25, 0.3) is 0 Å². The van der Waals surface area contributed by atoms with Crippen LogP contribution in [0.15, 0.2) is 0 Å². The Balaban J connectivity index is 4.44. The molecule has 0 saturated heterocycles. The molecule has 7 heteroatoms. The highest BCUT2D eigenvalue weighted by molar-refractivity contribution is 6.71. The first-order valence-electron chi connectivity index (χ1n) is 5.92. The summed E-state index contributed by atoms with van der Waals surface area (Å²) in [6.07, 6.45) is -0.968. The predicted octanol–water partition coefficient (Wildman–Crippen LogP) is 2.15. The fourth-order valence-electron chi connectivity index (χ4n) is 1.16. The highest BCUT2D eigenvalue weighted by Crippen LogP contribution is 2.11.